The molecular weight excluding hydrogens is 226 g/mol. The summed E-state index contributed by atoms with van der Waals surface area (Å²) in [5.74, 6) is 0.705. The maximum absolute atomic E-state index is 8.60. The smallest absolute Gasteiger partial charge is 0.147 e. The average molecular weight is 240 g/mol. The molecule has 0 spiro atoms. The third-order valence-corrected chi connectivity index (χ3v) is 2.39. The van der Waals surface area contributed by atoms with E-state index >= 15 is 0 Å². The number of methoxy groups -OCH3 is 1. The fraction of sp³-hybridized carbons (Fsp3) is 0.455. The van der Waals surface area contributed by atoms with Crippen molar-refractivity contribution in [3.05, 3.63) is 23.4 Å². The molecule has 0 bridgehead atoms. The zero-order chi connectivity index (χ0) is 11.8. The SMILES string of the molecule is COCCN(CCC#N)c1ncccc1Cl. The van der Waals surface area contributed by atoms with Gasteiger partial charge in [-0.05, 0) is 12.1 Å². The van der Waals surface area contributed by atoms with Gasteiger partial charge in [-0.25, -0.2) is 4.98 Å². The zero-order valence-electron chi connectivity index (χ0n) is 9.19. The number of anilines is 1. The number of hydrogen-bond acceptors (Lipinski definition) is 4. The van der Waals surface area contributed by atoms with Gasteiger partial charge in [0.25, 0.3) is 0 Å². The number of nitriles is 1. The lowest BCUT2D eigenvalue weighted by atomic mass is 10.3. The molecule has 0 N–H and O–H groups in total. The molecule has 0 saturated heterocycles. The van der Waals surface area contributed by atoms with E-state index in [1.165, 1.54) is 0 Å². The summed E-state index contributed by atoms with van der Waals surface area (Å²) in [6.45, 7) is 1.86. The molecule has 1 rings (SSSR count). The standard InChI is InChI=1S/C11H14ClN3O/c1-16-9-8-15(7-3-5-13)11-10(12)4-2-6-14-11/h2,4,6H,3,7-9H2,1H3. The summed E-state index contributed by atoms with van der Waals surface area (Å²) in [7, 11) is 1.64. The van der Waals surface area contributed by atoms with Gasteiger partial charge >= 0.3 is 0 Å². The number of pyridine rings is 1. The van der Waals surface area contributed by atoms with Gasteiger partial charge < -0.3 is 9.64 Å². The van der Waals surface area contributed by atoms with Crippen LogP contribution in [-0.4, -0.2) is 31.8 Å². The van der Waals surface area contributed by atoms with E-state index in [4.69, 9.17) is 21.6 Å². The average Bonchev–Trinajstić information content (AvgIpc) is 2.31. The molecule has 1 aromatic rings. The molecule has 4 nitrogen and oxygen atoms in total. The van der Waals surface area contributed by atoms with Gasteiger partial charge in [-0.2, -0.15) is 5.26 Å². The number of nitrogens with zero attached hydrogens (tertiary/aromatic N) is 3. The van der Waals surface area contributed by atoms with Crippen LogP contribution in [0.25, 0.3) is 0 Å². The Morgan fingerprint density at radius 2 is 2.38 bits per heavy atom. The highest BCUT2D eigenvalue weighted by atomic mass is 35.5. The zero-order valence-corrected chi connectivity index (χ0v) is 9.94. The van der Waals surface area contributed by atoms with E-state index in [0.717, 1.165) is 0 Å². The molecule has 86 valence electrons. The first-order chi connectivity index (χ1) is 7.79. The van der Waals surface area contributed by atoms with Crippen LogP contribution < -0.4 is 4.90 Å². The number of aromatic nitrogens is 1. The molecule has 1 heterocycles. The van der Waals surface area contributed by atoms with Gasteiger partial charge in [0.1, 0.15) is 5.82 Å². The Bertz CT molecular complexity index is 364. The van der Waals surface area contributed by atoms with Crippen molar-refractivity contribution >= 4 is 17.4 Å². The number of rotatable bonds is 6. The highest BCUT2D eigenvalue weighted by Crippen LogP contribution is 2.22. The summed E-state index contributed by atoms with van der Waals surface area (Å²) in [4.78, 5) is 6.17. The molecule has 0 amide bonds. The van der Waals surface area contributed by atoms with Gasteiger partial charge in [0.05, 0.1) is 24.1 Å². The van der Waals surface area contributed by atoms with Crippen LogP contribution >= 0.6 is 11.6 Å². The summed E-state index contributed by atoms with van der Waals surface area (Å²) in [5.41, 5.74) is 0. The Morgan fingerprint density at radius 3 is 3.00 bits per heavy atom. The van der Waals surface area contributed by atoms with Crippen LogP contribution in [0.15, 0.2) is 18.3 Å². The van der Waals surface area contributed by atoms with Gasteiger partial charge in [0.2, 0.25) is 0 Å². The van der Waals surface area contributed by atoms with Gasteiger partial charge in [0, 0.05) is 26.4 Å². The van der Waals surface area contributed by atoms with Gasteiger partial charge in [0.15, 0.2) is 0 Å². The highest BCUT2D eigenvalue weighted by Gasteiger charge is 2.10. The van der Waals surface area contributed by atoms with E-state index in [1.54, 1.807) is 25.4 Å². The van der Waals surface area contributed by atoms with Gasteiger partial charge in [-0.15, -0.1) is 0 Å². The second kappa shape index (κ2) is 7.04. The second-order valence-electron chi connectivity index (χ2n) is 3.20. The summed E-state index contributed by atoms with van der Waals surface area (Å²) in [5, 5.41) is 9.19. The van der Waals surface area contributed by atoms with Crippen LogP contribution in [0.4, 0.5) is 5.82 Å². The Balaban J connectivity index is 2.75. The predicted octanol–water partition coefficient (Wildman–Crippen LogP) is 2.10. The van der Waals surface area contributed by atoms with Crippen LogP contribution in [0.2, 0.25) is 5.02 Å². The van der Waals surface area contributed by atoms with Crippen LogP contribution in [0, 0.1) is 11.3 Å². The van der Waals surface area contributed by atoms with Crippen LogP contribution in [0.5, 0.6) is 0 Å². The molecule has 0 aromatic carbocycles. The first kappa shape index (κ1) is 12.8. The summed E-state index contributed by atoms with van der Waals surface area (Å²) >= 11 is 6.05. The quantitative estimate of drug-likeness (QED) is 0.763. The molecule has 16 heavy (non-hydrogen) atoms. The van der Waals surface area contributed by atoms with Crippen molar-refractivity contribution in [2.24, 2.45) is 0 Å². The molecule has 0 atom stereocenters. The van der Waals surface area contributed by atoms with Crippen LogP contribution in [-0.2, 0) is 4.74 Å². The molecule has 0 unspecified atom stereocenters. The minimum Gasteiger partial charge on any atom is -0.383 e. The maximum Gasteiger partial charge on any atom is 0.147 e. The van der Waals surface area contributed by atoms with E-state index in [1.807, 2.05) is 4.90 Å². The normalized spacial score (nSPS) is 9.81. The molecule has 1 aromatic heterocycles. The summed E-state index contributed by atoms with van der Waals surface area (Å²) < 4.78 is 5.02. The fourth-order valence-electron chi connectivity index (χ4n) is 1.32. The molecular formula is C11H14ClN3O. The number of ether oxygens (including phenoxy) is 1. The lowest BCUT2D eigenvalue weighted by Gasteiger charge is -2.22. The lowest BCUT2D eigenvalue weighted by Crippen LogP contribution is -2.29. The Kier molecular flexibility index (Phi) is 5.62. The Morgan fingerprint density at radius 1 is 1.56 bits per heavy atom. The Hall–Kier alpha value is -1.31. The van der Waals surface area contributed by atoms with E-state index < -0.39 is 0 Å². The molecule has 0 fully saturated rings. The third-order valence-electron chi connectivity index (χ3n) is 2.10. The topological polar surface area (TPSA) is 49.1 Å². The van der Waals surface area contributed by atoms with Gasteiger partial charge in [-0.1, -0.05) is 11.6 Å². The lowest BCUT2D eigenvalue weighted by molar-refractivity contribution is 0.205. The minimum atomic E-state index is 0.441. The maximum atomic E-state index is 8.60. The summed E-state index contributed by atoms with van der Waals surface area (Å²) in [6.07, 6.45) is 2.13. The predicted molar refractivity (Wildman–Crippen MR) is 63.6 cm³/mol. The fourth-order valence-corrected chi connectivity index (χ4v) is 1.56. The first-order valence-electron chi connectivity index (χ1n) is 5.01. The molecule has 0 saturated carbocycles. The minimum absolute atomic E-state index is 0.441. The molecule has 0 aliphatic carbocycles. The van der Waals surface area contributed by atoms with Gasteiger partial charge in [-0.3, -0.25) is 0 Å². The third kappa shape index (κ3) is 3.69. The van der Waals surface area contributed by atoms with Crippen molar-refractivity contribution in [3.8, 4) is 6.07 Å². The number of hydrogen-bond donors (Lipinski definition) is 0. The highest BCUT2D eigenvalue weighted by molar-refractivity contribution is 6.32. The van der Waals surface area contributed by atoms with Crippen molar-refractivity contribution < 1.29 is 4.74 Å². The van der Waals surface area contributed by atoms with E-state index in [0.29, 0.717) is 37.0 Å². The van der Waals surface area contributed by atoms with Crippen LogP contribution in [0.3, 0.4) is 0 Å². The molecule has 0 aliphatic rings. The van der Waals surface area contributed by atoms with Crippen molar-refractivity contribution in [3.63, 3.8) is 0 Å². The van der Waals surface area contributed by atoms with Crippen molar-refractivity contribution in [1.82, 2.24) is 4.98 Å². The monoisotopic (exact) mass is 239 g/mol. The first-order valence-corrected chi connectivity index (χ1v) is 5.38. The van der Waals surface area contributed by atoms with E-state index in [2.05, 4.69) is 11.1 Å². The van der Waals surface area contributed by atoms with Crippen LogP contribution in [0.1, 0.15) is 6.42 Å². The number of halogens is 1. The molecule has 0 radical (unpaired) electrons. The molecule has 0 aliphatic heterocycles. The van der Waals surface area contributed by atoms with E-state index in [9.17, 15) is 0 Å². The summed E-state index contributed by atoms with van der Waals surface area (Å²) in [6, 6.07) is 5.68. The van der Waals surface area contributed by atoms with Crippen molar-refractivity contribution in [2.75, 3.05) is 31.7 Å². The Labute approximate surface area is 100 Å². The second-order valence-corrected chi connectivity index (χ2v) is 3.60. The largest absolute Gasteiger partial charge is 0.383 e. The molecule has 5 heteroatoms. The van der Waals surface area contributed by atoms with E-state index in [-0.39, 0.29) is 0 Å². The van der Waals surface area contributed by atoms with Crippen molar-refractivity contribution in [1.29, 1.82) is 5.26 Å². The van der Waals surface area contributed by atoms with Crippen molar-refractivity contribution in [2.45, 2.75) is 6.42 Å².